The molecule has 1 unspecified atom stereocenters. The first-order valence-electron chi connectivity index (χ1n) is 18.5. The second kappa shape index (κ2) is 11.9. The Morgan fingerprint density at radius 3 is 1.83 bits per heavy atom. The molecule has 11 rings (SSSR count). The van der Waals surface area contributed by atoms with Gasteiger partial charge in [0.2, 0.25) is 0 Å². The first-order chi connectivity index (χ1) is 26.2. The number of furan rings is 1. The SMILES string of the molecule is C1=CC(c2ccc3ccccc3c2)CC=C1c1c2ccccc2c(-c2ccc3oc4cc5ccccc5cc4c3c2)c2ccc(-c3ccccc3)cc12. The van der Waals surface area contributed by atoms with E-state index in [1.807, 2.05) is 0 Å². The highest BCUT2D eigenvalue weighted by atomic mass is 16.3. The molecule has 1 nitrogen and oxygen atoms in total. The van der Waals surface area contributed by atoms with Gasteiger partial charge in [0.15, 0.2) is 0 Å². The van der Waals surface area contributed by atoms with Gasteiger partial charge in [0, 0.05) is 16.7 Å². The van der Waals surface area contributed by atoms with E-state index in [4.69, 9.17) is 4.42 Å². The molecule has 0 N–H and O–H groups in total. The van der Waals surface area contributed by atoms with Crippen LogP contribution in [0.2, 0.25) is 0 Å². The number of allylic oxidation sites excluding steroid dienone is 4. The quantitative estimate of drug-likeness (QED) is 0.169. The first-order valence-corrected chi connectivity index (χ1v) is 18.5. The van der Waals surface area contributed by atoms with Crippen LogP contribution < -0.4 is 0 Å². The maximum atomic E-state index is 6.44. The van der Waals surface area contributed by atoms with Crippen molar-refractivity contribution in [3.8, 4) is 22.3 Å². The Bertz CT molecular complexity index is 3140. The number of hydrogen-bond donors (Lipinski definition) is 0. The summed E-state index contributed by atoms with van der Waals surface area (Å²) in [5.74, 6) is 0.341. The van der Waals surface area contributed by atoms with Crippen molar-refractivity contribution in [2.45, 2.75) is 12.3 Å². The fourth-order valence-corrected chi connectivity index (χ4v) is 8.72. The Balaban J connectivity index is 1.12. The predicted molar refractivity (Wildman–Crippen MR) is 226 cm³/mol. The molecule has 1 heterocycles. The molecule has 1 aromatic heterocycles. The molecule has 0 bridgehead atoms. The van der Waals surface area contributed by atoms with E-state index in [0.29, 0.717) is 5.92 Å². The van der Waals surface area contributed by atoms with Crippen molar-refractivity contribution in [1.82, 2.24) is 0 Å². The van der Waals surface area contributed by atoms with Crippen LogP contribution in [0.4, 0.5) is 0 Å². The minimum atomic E-state index is 0.341. The third kappa shape index (κ3) is 4.93. The Kier molecular flexibility index (Phi) is 6.75. The normalized spacial score (nSPS) is 14.6. The zero-order valence-corrected chi connectivity index (χ0v) is 29.1. The Morgan fingerprint density at radius 2 is 1.04 bits per heavy atom. The Labute approximate surface area is 307 Å². The van der Waals surface area contributed by atoms with Crippen LogP contribution in [-0.2, 0) is 0 Å². The monoisotopic (exact) mass is 674 g/mol. The molecule has 10 aromatic rings. The van der Waals surface area contributed by atoms with E-state index in [1.54, 1.807) is 0 Å². The van der Waals surface area contributed by atoms with Crippen LogP contribution in [0.25, 0.3) is 92.9 Å². The molecule has 9 aromatic carbocycles. The second-order valence-corrected chi connectivity index (χ2v) is 14.4. The maximum absolute atomic E-state index is 6.44. The molecule has 0 radical (unpaired) electrons. The van der Waals surface area contributed by atoms with E-state index in [-0.39, 0.29) is 0 Å². The molecule has 1 atom stereocenters. The fraction of sp³-hybridized carbons (Fsp3) is 0.0385. The smallest absolute Gasteiger partial charge is 0.136 e. The van der Waals surface area contributed by atoms with Crippen molar-refractivity contribution >= 4 is 70.6 Å². The van der Waals surface area contributed by atoms with Gasteiger partial charge < -0.3 is 4.42 Å². The molecular formula is C52H34O. The third-order valence-corrected chi connectivity index (χ3v) is 11.3. The number of hydrogen-bond acceptors (Lipinski definition) is 1. The van der Waals surface area contributed by atoms with Crippen LogP contribution in [0.1, 0.15) is 23.5 Å². The molecule has 0 aliphatic heterocycles. The van der Waals surface area contributed by atoms with Gasteiger partial charge in [-0.05, 0) is 119 Å². The average molecular weight is 675 g/mol. The highest BCUT2D eigenvalue weighted by Gasteiger charge is 2.21. The largest absolute Gasteiger partial charge is 0.456 e. The van der Waals surface area contributed by atoms with Gasteiger partial charge in [-0.1, -0.05) is 158 Å². The summed E-state index contributed by atoms with van der Waals surface area (Å²) >= 11 is 0. The van der Waals surface area contributed by atoms with E-state index in [9.17, 15) is 0 Å². The van der Waals surface area contributed by atoms with Crippen LogP contribution >= 0.6 is 0 Å². The van der Waals surface area contributed by atoms with Gasteiger partial charge in [-0.15, -0.1) is 0 Å². The van der Waals surface area contributed by atoms with Crippen molar-refractivity contribution in [3.05, 3.63) is 199 Å². The number of rotatable bonds is 4. The van der Waals surface area contributed by atoms with Crippen LogP contribution in [-0.4, -0.2) is 0 Å². The van der Waals surface area contributed by atoms with Crippen LogP contribution in [0, 0.1) is 0 Å². The summed E-state index contributed by atoms with van der Waals surface area (Å²) < 4.78 is 6.44. The van der Waals surface area contributed by atoms with Gasteiger partial charge in [-0.2, -0.15) is 0 Å². The summed E-state index contributed by atoms with van der Waals surface area (Å²) in [6.07, 6.45) is 8.20. The Hall–Kier alpha value is -6.70. The average Bonchev–Trinajstić information content (AvgIpc) is 3.58. The molecule has 53 heavy (non-hydrogen) atoms. The van der Waals surface area contributed by atoms with E-state index in [2.05, 4.69) is 188 Å². The van der Waals surface area contributed by atoms with Gasteiger partial charge in [-0.3, -0.25) is 0 Å². The summed E-state index contributed by atoms with van der Waals surface area (Å²) in [6.45, 7) is 0. The summed E-state index contributed by atoms with van der Waals surface area (Å²) in [7, 11) is 0. The summed E-state index contributed by atoms with van der Waals surface area (Å²) in [5.41, 5.74) is 10.7. The molecular weight excluding hydrogens is 641 g/mol. The lowest BCUT2D eigenvalue weighted by Gasteiger charge is -2.22. The van der Waals surface area contributed by atoms with Crippen LogP contribution in [0.3, 0.4) is 0 Å². The molecule has 0 saturated heterocycles. The molecule has 1 aliphatic rings. The summed E-state index contributed by atoms with van der Waals surface area (Å²) in [6, 6.07) is 62.0. The molecule has 1 heteroatoms. The highest BCUT2D eigenvalue weighted by molar-refractivity contribution is 6.21. The highest BCUT2D eigenvalue weighted by Crippen LogP contribution is 2.46. The number of benzene rings is 9. The van der Waals surface area contributed by atoms with Crippen molar-refractivity contribution in [1.29, 1.82) is 0 Å². The van der Waals surface area contributed by atoms with Gasteiger partial charge in [-0.25, -0.2) is 0 Å². The summed E-state index contributed by atoms with van der Waals surface area (Å²) in [5, 5.41) is 12.3. The Morgan fingerprint density at radius 1 is 0.396 bits per heavy atom. The molecule has 0 spiro atoms. The lowest BCUT2D eigenvalue weighted by molar-refractivity contribution is 0.669. The molecule has 0 amide bonds. The fourth-order valence-electron chi connectivity index (χ4n) is 8.72. The van der Waals surface area contributed by atoms with Crippen molar-refractivity contribution < 1.29 is 4.42 Å². The molecule has 1 aliphatic carbocycles. The van der Waals surface area contributed by atoms with Crippen LogP contribution in [0.5, 0.6) is 0 Å². The second-order valence-electron chi connectivity index (χ2n) is 14.4. The minimum absolute atomic E-state index is 0.341. The third-order valence-electron chi connectivity index (χ3n) is 11.3. The minimum Gasteiger partial charge on any atom is -0.456 e. The van der Waals surface area contributed by atoms with Crippen molar-refractivity contribution in [2.24, 2.45) is 0 Å². The van der Waals surface area contributed by atoms with Gasteiger partial charge in [0.1, 0.15) is 11.2 Å². The number of fused-ring (bicyclic) bond motifs is 7. The predicted octanol–water partition coefficient (Wildman–Crippen LogP) is 14.7. The molecule has 0 fully saturated rings. The summed E-state index contributed by atoms with van der Waals surface area (Å²) in [4.78, 5) is 0. The van der Waals surface area contributed by atoms with Crippen LogP contribution in [0.15, 0.2) is 193 Å². The first kappa shape index (κ1) is 30.0. The van der Waals surface area contributed by atoms with Crippen molar-refractivity contribution in [3.63, 3.8) is 0 Å². The molecule has 0 saturated carbocycles. The lowest BCUT2D eigenvalue weighted by Crippen LogP contribution is -2.00. The van der Waals surface area contributed by atoms with E-state index >= 15 is 0 Å². The van der Waals surface area contributed by atoms with E-state index < -0.39 is 0 Å². The topological polar surface area (TPSA) is 13.1 Å². The van der Waals surface area contributed by atoms with E-state index in [1.165, 1.54) is 82.0 Å². The molecule has 248 valence electrons. The standard InChI is InChI=1S/C52H34O/c1-2-10-33(11-3-1)41-24-26-45-48(30-41)51(36-21-18-35(19-22-36)40-23-20-34-12-4-5-13-37(34)28-40)43-16-8-9-17-44(43)52(45)42-25-27-49-46(31-42)47-29-38-14-6-7-15-39(38)32-50(47)53-49/h1-18,20-32,35H,19H2. The van der Waals surface area contributed by atoms with Gasteiger partial charge >= 0.3 is 0 Å². The lowest BCUT2D eigenvalue weighted by atomic mass is 9.81. The zero-order chi connectivity index (χ0) is 34.9. The van der Waals surface area contributed by atoms with E-state index in [0.717, 1.165) is 28.4 Å². The van der Waals surface area contributed by atoms with Gasteiger partial charge in [0.05, 0.1) is 0 Å². The van der Waals surface area contributed by atoms with Gasteiger partial charge in [0.25, 0.3) is 0 Å². The van der Waals surface area contributed by atoms with Crippen molar-refractivity contribution in [2.75, 3.05) is 0 Å². The zero-order valence-electron chi connectivity index (χ0n) is 29.1. The maximum Gasteiger partial charge on any atom is 0.136 e.